The Labute approximate surface area is 230 Å². The van der Waals surface area contributed by atoms with Gasteiger partial charge in [0.15, 0.2) is 0 Å². The smallest absolute Gasteiger partial charge is 0.406 e. The summed E-state index contributed by atoms with van der Waals surface area (Å²) in [6, 6.07) is 4.75. The van der Waals surface area contributed by atoms with Crippen LogP contribution >= 0.6 is 11.6 Å². The van der Waals surface area contributed by atoms with Crippen LogP contribution in [0.15, 0.2) is 18.2 Å². The maximum absolute atomic E-state index is 15.1. The summed E-state index contributed by atoms with van der Waals surface area (Å²) in [7, 11) is 3.18. The fraction of sp³-hybridized carbons (Fsp3) is 0.704. The van der Waals surface area contributed by atoms with Gasteiger partial charge in [-0.15, -0.1) is 0 Å². The number of nitrogens with one attached hydrogen (secondary N) is 3. The van der Waals surface area contributed by atoms with E-state index in [4.69, 9.17) is 21.1 Å². The van der Waals surface area contributed by atoms with Crippen LogP contribution in [0.3, 0.4) is 0 Å². The number of rotatable bonds is 11. The number of benzene rings is 1. The third-order valence-corrected chi connectivity index (χ3v) is 7.57. The van der Waals surface area contributed by atoms with Crippen LogP contribution in [0.1, 0.15) is 50.2 Å². The van der Waals surface area contributed by atoms with Crippen molar-refractivity contribution in [3.63, 3.8) is 0 Å². The number of piperidine rings is 1. The lowest BCUT2D eigenvalue weighted by Crippen LogP contribution is -2.52. The van der Waals surface area contributed by atoms with Crippen LogP contribution in [-0.2, 0) is 14.2 Å². The number of alkyl carbamates (subject to hydrolysis) is 1. The molecule has 2 saturated heterocycles. The van der Waals surface area contributed by atoms with E-state index in [2.05, 4.69) is 20.7 Å². The molecule has 2 fully saturated rings. The Morgan fingerprint density at radius 3 is 2.87 bits per heavy atom. The number of urea groups is 1. The number of carbonyl (C=O) groups excluding carboxylic acids is 2. The monoisotopic (exact) mass is 556 g/mol. The highest BCUT2D eigenvalue weighted by Gasteiger charge is 2.33. The fourth-order valence-electron chi connectivity index (χ4n) is 5.39. The third kappa shape index (κ3) is 9.25. The zero-order valence-electron chi connectivity index (χ0n) is 22.5. The van der Waals surface area contributed by atoms with Crippen molar-refractivity contribution in [1.82, 2.24) is 20.9 Å². The normalized spacial score (nSPS) is 21.7. The van der Waals surface area contributed by atoms with Gasteiger partial charge in [-0.05, 0) is 57.6 Å². The van der Waals surface area contributed by atoms with Crippen molar-refractivity contribution in [3.05, 3.63) is 34.6 Å². The minimum atomic E-state index is -0.622. The molecule has 3 amide bonds. The molecule has 0 aliphatic carbocycles. The van der Waals surface area contributed by atoms with Gasteiger partial charge < -0.3 is 35.1 Å². The first-order chi connectivity index (χ1) is 18.4. The number of hydrogen-bond donors (Lipinski definition) is 3. The molecule has 3 rings (SSSR count). The molecule has 0 saturated carbocycles. The zero-order chi connectivity index (χ0) is 27.3. The Morgan fingerprint density at radius 1 is 1.24 bits per heavy atom. The Hall–Kier alpha value is -2.14. The first kappa shape index (κ1) is 30.4. The highest BCUT2D eigenvalue weighted by molar-refractivity contribution is 6.30. The minimum Gasteiger partial charge on any atom is -0.453 e. The molecule has 1 unspecified atom stereocenters. The first-order valence-corrected chi connectivity index (χ1v) is 14.0. The largest absolute Gasteiger partial charge is 0.453 e. The van der Waals surface area contributed by atoms with Crippen molar-refractivity contribution < 1.29 is 28.2 Å². The van der Waals surface area contributed by atoms with Crippen LogP contribution in [0.2, 0.25) is 5.02 Å². The lowest BCUT2D eigenvalue weighted by molar-refractivity contribution is -0.0106. The number of hydrogen-bond acceptors (Lipinski definition) is 6. The molecule has 0 aromatic heterocycles. The van der Waals surface area contributed by atoms with Crippen LogP contribution in [0.5, 0.6) is 0 Å². The molecule has 2 aliphatic heterocycles. The van der Waals surface area contributed by atoms with E-state index in [0.717, 1.165) is 51.7 Å². The van der Waals surface area contributed by atoms with Gasteiger partial charge in [0.25, 0.3) is 0 Å². The van der Waals surface area contributed by atoms with Crippen molar-refractivity contribution in [2.45, 2.75) is 50.7 Å². The standard InChI is InChI=1S/C27H42ClFN4O5/c1-30-17-21(16-19-6-5-13-37-14-10-19)32-26(34)33-12-4-7-20(18-33)25(38-15-11-31-27(35)36-2)22-8-3-9-23(28)24(22)29/h3,8-9,19-21,25,30H,4-7,10-18H2,1-2H3,(H,31,35)(H,32,34)/t19-,20-,21?,25-/m1/s1. The average molecular weight is 557 g/mol. The second-order valence-electron chi connectivity index (χ2n) is 10.1. The number of amides is 3. The molecule has 2 heterocycles. The second kappa shape index (κ2) is 16.1. The predicted octanol–water partition coefficient (Wildman–Crippen LogP) is 4.11. The second-order valence-corrected chi connectivity index (χ2v) is 10.5. The fourth-order valence-corrected chi connectivity index (χ4v) is 5.57. The molecular weight excluding hydrogens is 515 g/mol. The quantitative estimate of drug-likeness (QED) is 0.355. The van der Waals surface area contributed by atoms with Crippen molar-refractivity contribution in [2.75, 3.05) is 60.2 Å². The van der Waals surface area contributed by atoms with Gasteiger partial charge in [-0.1, -0.05) is 23.7 Å². The maximum Gasteiger partial charge on any atom is 0.406 e. The summed E-state index contributed by atoms with van der Waals surface area (Å²) in [5.74, 6) is -0.141. The molecule has 3 N–H and O–H groups in total. The van der Waals surface area contributed by atoms with Crippen molar-refractivity contribution in [2.24, 2.45) is 11.8 Å². The Kier molecular flexibility index (Phi) is 12.9. The molecule has 9 nitrogen and oxygen atoms in total. The van der Waals surface area contributed by atoms with E-state index in [-0.39, 0.29) is 36.2 Å². The average Bonchev–Trinajstić information content (AvgIpc) is 3.19. The number of halogens is 2. The van der Waals surface area contributed by atoms with Crippen LogP contribution in [-0.4, -0.2) is 83.2 Å². The number of ether oxygens (including phenoxy) is 3. The van der Waals surface area contributed by atoms with E-state index in [1.807, 2.05) is 7.05 Å². The molecule has 214 valence electrons. The summed E-state index contributed by atoms with van der Waals surface area (Å²) in [6.07, 6.45) is 4.43. The van der Waals surface area contributed by atoms with Gasteiger partial charge in [0.2, 0.25) is 0 Å². The van der Waals surface area contributed by atoms with E-state index in [1.54, 1.807) is 17.0 Å². The summed E-state index contributed by atoms with van der Waals surface area (Å²) in [6.45, 7) is 3.69. The summed E-state index contributed by atoms with van der Waals surface area (Å²) in [5, 5.41) is 9.03. The van der Waals surface area contributed by atoms with Gasteiger partial charge in [0.1, 0.15) is 5.82 Å². The molecule has 0 spiro atoms. The molecule has 4 atom stereocenters. The van der Waals surface area contributed by atoms with Crippen LogP contribution in [0.25, 0.3) is 0 Å². The lowest BCUT2D eigenvalue weighted by Gasteiger charge is -2.38. The summed E-state index contributed by atoms with van der Waals surface area (Å²) in [5.41, 5.74) is 0.353. The Bertz CT molecular complexity index is 887. The SMILES string of the molecule is CNCC(C[C@@H]1CCCOCC1)NC(=O)N1CCC[C@@H]([C@@H](OCCNC(=O)OC)c2cccc(Cl)c2F)C1. The van der Waals surface area contributed by atoms with Gasteiger partial charge in [-0.2, -0.15) is 0 Å². The number of methoxy groups -OCH3 is 1. The van der Waals surface area contributed by atoms with Crippen LogP contribution in [0.4, 0.5) is 14.0 Å². The predicted molar refractivity (Wildman–Crippen MR) is 144 cm³/mol. The number of likely N-dealkylation sites (N-methyl/N-ethyl adjacent to an activating group) is 1. The molecule has 2 aliphatic rings. The van der Waals surface area contributed by atoms with E-state index in [0.29, 0.717) is 31.1 Å². The molecule has 0 radical (unpaired) electrons. The van der Waals surface area contributed by atoms with Gasteiger partial charge in [0, 0.05) is 56.9 Å². The van der Waals surface area contributed by atoms with Gasteiger partial charge >= 0.3 is 12.1 Å². The first-order valence-electron chi connectivity index (χ1n) is 13.6. The van der Waals surface area contributed by atoms with Crippen molar-refractivity contribution >= 4 is 23.7 Å². The Morgan fingerprint density at radius 2 is 2.08 bits per heavy atom. The number of likely N-dealkylation sites (tertiary alicyclic amines) is 1. The minimum absolute atomic E-state index is 0.0118. The molecule has 0 bridgehead atoms. The van der Waals surface area contributed by atoms with Crippen molar-refractivity contribution in [3.8, 4) is 0 Å². The van der Waals surface area contributed by atoms with E-state index in [9.17, 15) is 9.59 Å². The van der Waals surface area contributed by atoms with Gasteiger partial charge in [-0.3, -0.25) is 0 Å². The summed E-state index contributed by atoms with van der Waals surface area (Å²) >= 11 is 6.08. The zero-order valence-corrected chi connectivity index (χ0v) is 23.2. The highest BCUT2D eigenvalue weighted by atomic mass is 35.5. The third-order valence-electron chi connectivity index (χ3n) is 7.28. The molecule has 1 aromatic carbocycles. The van der Waals surface area contributed by atoms with Crippen LogP contribution < -0.4 is 16.0 Å². The molecule has 1 aromatic rings. The van der Waals surface area contributed by atoms with Gasteiger partial charge in [-0.25, -0.2) is 14.0 Å². The van der Waals surface area contributed by atoms with Crippen LogP contribution in [0, 0.1) is 17.7 Å². The number of nitrogens with zero attached hydrogens (tertiary/aromatic N) is 1. The van der Waals surface area contributed by atoms with Crippen molar-refractivity contribution in [1.29, 1.82) is 0 Å². The molecule has 38 heavy (non-hydrogen) atoms. The number of carbonyl (C=O) groups is 2. The Balaban J connectivity index is 1.66. The molecular formula is C27H42ClFN4O5. The molecule has 11 heteroatoms. The topological polar surface area (TPSA) is 101 Å². The van der Waals surface area contributed by atoms with E-state index < -0.39 is 18.0 Å². The maximum atomic E-state index is 15.1. The summed E-state index contributed by atoms with van der Waals surface area (Å²) < 4.78 is 31.3. The summed E-state index contributed by atoms with van der Waals surface area (Å²) in [4.78, 5) is 26.6. The lowest BCUT2D eigenvalue weighted by atomic mass is 9.88. The van der Waals surface area contributed by atoms with E-state index >= 15 is 4.39 Å². The van der Waals surface area contributed by atoms with Gasteiger partial charge in [0.05, 0.1) is 24.8 Å². The van der Waals surface area contributed by atoms with E-state index in [1.165, 1.54) is 13.2 Å². The highest BCUT2D eigenvalue weighted by Crippen LogP contribution is 2.36.